The fourth-order valence-corrected chi connectivity index (χ4v) is 5.49. The van der Waals surface area contributed by atoms with Gasteiger partial charge < -0.3 is 4.74 Å². The maximum atomic E-state index is 13.5. The summed E-state index contributed by atoms with van der Waals surface area (Å²) in [6, 6.07) is 27.6. The van der Waals surface area contributed by atoms with Gasteiger partial charge in [-0.3, -0.25) is 9.69 Å². The Labute approximate surface area is 211 Å². The van der Waals surface area contributed by atoms with Gasteiger partial charge in [-0.15, -0.1) is 0 Å². The molecule has 3 atom stereocenters. The number of benzene rings is 3. The number of nitrogens with one attached hydrogen (secondary N) is 1. The maximum Gasteiger partial charge on any atom is 0.325 e. The number of esters is 1. The first-order valence-corrected chi connectivity index (χ1v) is 13.5. The van der Waals surface area contributed by atoms with Crippen LogP contribution in [0, 0.1) is 12.8 Å². The van der Waals surface area contributed by atoms with Crippen LogP contribution in [0.4, 0.5) is 0 Å². The van der Waals surface area contributed by atoms with Crippen LogP contribution in [-0.4, -0.2) is 34.1 Å². The Hall–Kier alpha value is -2.64. The lowest BCUT2D eigenvalue weighted by Crippen LogP contribution is -2.56. The second kappa shape index (κ2) is 12.4. The monoisotopic (exact) mass is 491 g/mol. The average Bonchev–Trinajstić information content (AvgIpc) is 3.71. The Morgan fingerprint density at radius 1 is 0.971 bits per heavy atom. The van der Waals surface area contributed by atoms with Gasteiger partial charge in [0.05, 0.1) is 12.6 Å². The van der Waals surface area contributed by atoms with Crippen LogP contribution in [0.5, 0.6) is 0 Å². The summed E-state index contributed by atoms with van der Waals surface area (Å²) in [6.45, 7) is 5.40. The summed E-state index contributed by atoms with van der Waals surface area (Å²) in [4.78, 5) is 16.5. The van der Waals surface area contributed by atoms with Crippen molar-refractivity contribution in [1.29, 1.82) is 0 Å². The molecule has 4 rings (SSSR count). The standard InChI is InChI=1S/C29H35N2O3S/c1-3-34-29(32)28(27(25-16-17-25)30-35(33)26-18-14-22(2)15-19-26)31(20-23-10-6-4-7-11-23)21-24-12-8-5-9-13-24/h4-15,18-19,25,27-28,30,33H,3,16-17,20-21H2,1-2H3/q+1/t27-,28+,35?/m1/s1. The van der Waals surface area contributed by atoms with Gasteiger partial charge in [0.2, 0.25) is 4.90 Å². The third kappa shape index (κ3) is 7.18. The van der Waals surface area contributed by atoms with Crippen molar-refractivity contribution in [3.05, 3.63) is 102 Å². The van der Waals surface area contributed by atoms with Crippen LogP contribution in [0.15, 0.2) is 89.8 Å². The Kier molecular flexibility index (Phi) is 8.99. The lowest BCUT2D eigenvalue weighted by molar-refractivity contribution is -0.151. The van der Waals surface area contributed by atoms with E-state index < -0.39 is 17.4 Å². The molecular weight excluding hydrogens is 456 g/mol. The SMILES string of the molecule is CCOC(=O)[C@H]([C@H](N[S+](O)c1ccc(C)cc1)C1CC1)N(Cc1ccccc1)Cc1ccccc1. The Bertz CT molecular complexity index is 1020. The summed E-state index contributed by atoms with van der Waals surface area (Å²) in [7, 11) is 0. The molecule has 1 aliphatic carbocycles. The van der Waals surface area contributed by atoms with Crippen molar-refractivity contribution in [3.8, 4) is 0 Å². The molecule has 5 nitrogen and oxygen atoms in total. The molecule has 0 aromatic heterocycles. The zero-order valence-electron chi connectivity index (χ0n) is 20.5. The smallest absolute Gasteiger partial charge is 0.325 e. The molecule has 0 heterocycles. The minimum atomic E-state index is -1.19. The first-order chi connectivity index (χ1) is 17.0. The summed E-state index contributed by atoms with van der Waals surface area (Å²) in [5.41, 5.74) is 3.41. The molecule has 0 radical (unpaired) electrons. The number of aryl methyl sites for hydroxylation is 1. The molecule has 1 fully saturated rings. The number of hydrogen-bond acceptors (Lipinski definition) is 5. The predicted molar refractivity (Wildman–Crippen MR) is 142 cm³/mol. The van der Waals surface area contributed by atoms with Gasteiger partial charge in [-0.1, -0.05) is 83.1 Å². The quantitative estimate of drug-likeness (QED) is 0.264. The Morgan fingerprint density at radius 2 is 1.51 bits per heavy atom. The van der Waals surface area contributed by atoms with Crippen LogP contribution in [-0.2, 0) is 34.0 Å². The molecule has 184 valence electrons. The number of carbonyl (C=O) groups is 1. The molecule has 35 heavy (non-hydrogen) atoms. The highest BCUT2D eigenvalue weighted by molar-refractivity contribution is 7.89. The minimum Gasteiger partial charge on any atom is -0.465 e. The fourth-order valence-electron chi connectivity index (χ4n) is 4.38. The largest absolute Gasteiger partial charge is 0.465 e. The first kappa shape index (κ1) is 25.5. The molecular formula is C29H35N2O3S+. The molecule has 0 amide bonds. The number of carbonyl (C=O) groups excluding carboxylic acids is 1. The van der Waals surface area contributed by atoms with Gasteiger partial charge in [0.1, 0.15) is 6.04 Å². The maximum absolute atomic E-state index is 13.5. The summed E-state index contributed by atoms with van der Waals surface area (Å²) in [5, 5.41) is 0. The highest BCUT2D eigenvalue weighted by Gasteiger charge is 2.47. The van der Waals surface area contributed by atoms with E-state index in [2.05, 4.69) is 33.9 Å². The molecule has 1 saturated carbocycles. The van der Waals surface area contributed by atoms with Gasteiger partial charge >= 0.3 is 5.97 Å². The zero-order valence-corrected chi connectivity index (χ0v) is 21.3. The van der Waals surface area contributed by atoms with Crippen LogP contribution < -0.4 is 4.72 Å². The zero-order chi connectivity index (χ0) is 24.6. The van der Waals surface area contributed by atoms with Crippen molar-refractivity contribution in [2.24, 2.45) is 5.92 Å². The van der Waals surface area contributed by atoms with E-state index in [1.807, 2.05) is 74.5 Å². The number of nitrogens with zero attached hydrogens (tertiary/aromatic N) is 1. The highest BCUT2D eigenvalue weighted by atomic mass is 32.2. The summed E-state index contributed by atoms with van der Waals surface area (Å²) in [5.74, 6) is 0.0655. The highest BCUT2D eigenvalue weighted by Crippen LogP contribution is 2.37. The van der Waals surface area contributed by atoms with Gasteiger partial charge in [-0.05, 0) is 55.9 Å². The predicted octanol–water partition coefficient (Wildman–Crippen LogP) is 5.36. The van der Waals surface area contributed by atoms with Crippen LogP contribution in [0.25, 0.3) is 0 Å². The van der Waals surface area contributed by atoms with E-state index in [0.29, 0.717) is 25.6 Å². The van der Waals surface area contributed by atoms with E-state index in [1.54, 1.807) is 0 Å². The normalized spacial score (nSPS) is 16.0. The van der Waals surface area contributed by atoms with Gasteiger partial charge in [-0.25, -0.2) is 0 Å². The lowest BCUT2D eigenvalue weighted by Gasteiger charge is -2.35. The fraction of sp³-hybridized carbons (Fsp3) is 0.345. The van der Waals surface area contributed by atoms with Crippen molar-refractivity contribution in [3.63, 3.8) is 0 Å². The van der Waals surface area contributed by atoms with E-state index in [9.17, 15) is 9.35 Å². The van der Waals surface area contributed by atoms with Crippen LogP contribution in [0.3, 0.4) is 0 Å². The van der Waals surface area contributed by atoms with Gasteiger partial charge in [-0.2, -0.15) is 4.55 Å². The molecule has 6 heteroatoms. The average molecular weight is 492 g/mol. The second-order valence-corrected chi connectivity index (χ2v) is 10.4. The van der Waals surface area contributed by atoms with Crippen LogP contribution in [0.1, 0.15) is 36.5 Å². The molecule has 0 bridgehead atoms. The number of ether oxygens (including phenoxy) is 1. The van der Waals surface area contributed by atoms with Crippen molar-refractivity contribution < 1.29 is 14.1 Å². The third-order valence-electron chi connectivity index (χ3n) is 6.34. The molecule has 1 aliphatic rings. The summed E-state index contributed by atoms with van der Waals surface area (Å²) in [6.07, 6.45) is 2.06. The lowest BCUT2D eigenvalue weighted by atomic mass is 10.0. The van der Waals surface area contributed by atoms with E-state index in [4.69, 9.17) is 4.74 Å². The van der Waals surface area contributed by atoms with Crippen molar-refractivity contribution in [1.82, 2.24) is 9.62 Å². The molecule has 0 aliphatic heterocycles. The molecule has 3 aromatic carbocycles. The van der Waals surface area contributed by atoms with Crippen molar-refractivity contribution >= 4 is 17.3 Å². The third-order valence-corrected chi connectivity index (χ3v) is 7.55. The van der Waals surface area contributed by atoms with Gasteiger partial charge in [0.25, 0.3) is 11.4 Å². The van der Waals surface area contributed by atoms with Crippen molar-refractivity contribution in [2.45, 2.75) is 56.8 Å². The van der Waals surface area contributed by atoms with E-state index in [-0.39, 0.29) is 12.0 Å². The van der Waals surface area contributed by atoms with E-state index in [0.717, 1.165) is 34.4 Å². The minimum absolute atomic E-state index is 0.226. The summed E-state index contributed by atoms with van der Waals surface area (Å²) < 4.78 is 20.2. The van der Waals surface area contributed by atoms with Gasteiger partial charge in [0, 0.05) is 13.1 Å². The number of rotatable bonds is 12. The summed E-state index contributed by atoms with van der Waals surface area (Å²) >= 11 is -1.19. The van der Waals surface area contributed by atoms with E-state index >= 15 is 0 Å². The first-order valence-electron chi connectivity index (χ1n) is 12.3. The second-order valence-electron chi connectivity index (χ2n) is 9.15. The van der Waals surface area contributed by atoms with Crippen LogP contribution >= 0.6 is 0 Å². The molecule has 2 N–H and O–H groups in total. The Morgan fingerprint density at radius 3 is 2.00 bits per heavy atom. The van der Waals surface area contributed by atoms with Crippen molar-refractivity contribution in [2.75, 3.05) is 6.61 Å². The van der Waals surface area contributed by atoms with Gasteiger partial charge in [0.15, 0.2) is 0 Å². The topological polar surface area (TPSA) is 61.8 Å². The van der Waals surface area contributed by atoms with E-state index in [1.165, 1.54) is 0 Å². The molecule has 0 saturated heterocycles. The molecule has 3 aromatic rings. The molecule has 0 spiro atoms. The van der Waals surface area contributed by atoms with Crippen LogP contribution in [0.2, 0.25) is 0 Å². The Balaban J connectivity index is 1.66. The molecule has 1 unspecified atom stereocenters. The number of hydrogen-bond donors (Lipinski definition) is 2.